The number of methoxy groups -OCH3 is 1. The fourth-order valence-corrected chi connectivity index (χ4v) is 2.78. The maximum atomic E-state index is 5.47. The largest absolute Gasteiger partial charge is 0.382 e. The van der Waals surface area contributed by atoms with Gasteiger partial charge >= 0.3 is 0 Å². The number of likely N-dealkylation sites (tertiary alicyclic amines) is 1. The summed E-state index contributed by atoms with van der Waals surface area (Å²) in [6.07, 6.45) is 7.63. The molecule has 0 aromatic rings. The highest BCUT2D eigenvalue weighted by molar-refractivity contribution is 4.74. The molecule has 0 amide bonds. The van der Waals surface area contributed by atoms with Crippen LogP contribution in [0.15, 0.2) is 0 Å². The lowest BCUT2D eigenvalue weighted by Crippen LogP contribution is -2.32. The third-order valence-electron chi connectivity index (χ3n) is 3.94. The second kappa shape index (κ2) is 12.6. The van der Waals surface area contributed by atoms with E-state index in [0.717, 1.165) is 32.2 Å². The Balaban J connectivity index is 1.94. The lowest BCUT2D eigenvalue weighted by Gasteiger charge is -2.19. The van der Waals surface area contributed by atoms with Gasteiger partial charge in [0, 0.05) is 19.8 Å². The van der Waals surface area contributed by atoms with Gasteiger partial charge in [-0.1, -0.05) is 6.92 Å². The molecule has 0 aromatic carbocycles. The van der Waals surface area contributed by atoms with Gasteiger partial charge in [-0.2, -0.15) is 0 Å². The van der Waals surface area contributed by atoms with E-state index in [1.807, 2.05) is 0 Å². The average molecular weight is 286 g/mol. The number of ether oxygens (including phenoxy) is 2. The van der Waals surface area contributed by atoms with Gasteiger partial charge in [0.2, 0.25) is 0 Å². The minimum atomic E-state index is 0.703. The van der Waals surface area contributed by atoms with Crippen LogP contribution in [-0.2, 0) is 9.47 Å². The number of rotatable bonds is 11. The third kappa shape index (κ3) is 8.90. The summed E-state index contributed by atoms with van der Waals surface area (Å²) in [5.74, 6) is 0. The van der Waals surface area contributed by atoms with E-state index in [2.05, 4.69) is 17.1 Å². The first-order valence-electron chi connectivity index (χ1n) is 8.39. The smallest absolute Gasteiger partial charge is 0.0700 e. The molecule has 1 heterocycles. The van der Waals surface area contributed by atoms with Crippen LogP contribution in [0.2, 0.25) is 0 Å². The molecule has 120 valence electrons. The molecular weight excluding hydrogens is 252 g/mol. The summed E-state index contributed by atoms with van der Waals surface area (Å²) in [4.78, 5) is 2.62. The lowest BCUT2D eigenvalue weighted by atomic mass is 10.1. The Bertz CT molecular complexity index is 215. The average Bonchev–Trinajstić information content (AvgIpc) is 2.68. The SMILES string of the molecule is CCCN1CCCC(NCCCCOCCOC)CC1. The summed E-state index contributed by atoms with van der Waals surface area (Å²) >= 11 is 0. The van der Waals surface area contributed by atoms with Crippen molar-refractivity contribution >= 4 is 0 Å². The lowest BCUT2D eigenvalue weighted by molar-refractivity contribution is 0.0687. The zero-order valence-electron chi connectivity index (χ0n) is 13.5. The maximum absolute atomic E-state index is 5.47. The van der Waals surface area contributed by atoms with Crippen LogP contribution in [0.5, 0.6) is 0 Å². The van der Waals surface area contributed by atoms with Crippen LogP contribution in [0.1, 0.15) is 45.4 Å². The maximum Gasteiger partial charge on any atom is 0.0700 e. The van der Waals surface area contributed by atoms with E-state index in [0.29, 0.717) is 6.61 Å². The number of hydrogen-bond donors (Lipinski definition) is 1. The summed E-state index contributed by atoms with van der Waals surface area (Å²) in [6.45, 7) is 9.52. The fraction of sp³-hybridized carbons (Fsp3) is 1.00. The second-order valence-electron chi connectivity index (χ2n) is 5.74. The molecule has 0 spiro atoms. The molecule has 0 aromatic heterocycles. The molecule has 0 aliphatic carbocycles. The van der Waals surface area contributed by atoms with Crippen LogP contribution in [0.25, 0.3) is 0 Å². The van der Waals surface area contributed by atoms with Crippen molar-refractivity contribution in [3.8, 4) is 0 Å². The number of nitrogens with one attached hydrogen (secondary N) is 1. The minimum Gasteiger partial charge on any atom is -0.382 e. The molecule has 20 heavy (non-hydrogen) atoms. The van der Waals surface area contributed by atoms with Crippen LogP contribution in [0.3, 0.4) is 0 Å². The molecule has 4 heteroatoms. The first-order chi connectivity index (χ1) is 9.86. The standard InChI is InChI=1S/C16H34N2O2/c1-3-10-18-11-6-7-16(8-12-18)17-9-4-5-13-20-15-14-19-2/h16-17H,3-15H2,1-2H3. The highest BCUT2D eigenvalue weighted by atomic mass is 16.5. The van der Waals surface area contributed by atoms with E-state index in [-0.39, 0.29) is 0 Å². The van der Waals surface area contributed by atoms with Crippen molar-refractivity contribution in [1.29, 1.82) is 0 Å². The van der Waals surface area contributed by atoms with Gasteiger partial charge in [-0.05, 0) is 64.7 Å². The van der Waals surface area contributed by atoms with Crippen LogP contribution < -0.4 is 5.32 Å². The van der Waals surface area contributed by atoms with Crippen molar-refractivity contribution in [2.45, 2.75) is 51.5 Å². The monoisotopic (exact) mass is 286 g/mol. The molecule has 1 atom stereocenters. The van der Waals surface area contributed by atoms with Crippen molar-refractivity contribution in [3.05, 3.63) is 0 Å². The van der Waals surface area contributed by atoms with Crippen molar-refractivity contribution in [1.82, 2.24) is 10.2 Å². The number of nitrogens with zero attached hydrogens (tertiary/aromatic N) is 1. The van der Waals surface area contributed by atoms with E-state index in [4.69, 9.17) is 9.47 Å². The van der Waals surface area contributed by atoms with Crippen molar-refractivity contribution in [2.24, 2.45) is 0 Å². The molecule has 1 fully saturated rings. The van der Waals surface area contributed by atoms with Gasteiger partial charge in [0.05, 0.1) is 13.2 Å². The highest BCUT2D eigenvalue weighted by Gasteiger charge is 2.15. The Labute approximate surface area is 125 Å². The van der Waals surface area contributed by atoms with Gasteiger partial charge in [-0.25, -0.2) is 0 Å². The van der Waals surface area contributed by atoms with E-state index in [1.165, 1.54) is 51.7 Å². The van der Waals surface area contributed by atoms with Crippen molar-refractivity contribution < 1.29 is 9.47 Å². The molecule has 4 nitrogen and oxygen atoms in total. The Morgan fingerprint density at radius 1 is 1.10 bits per heavy atom. The predicted octanol–water partition coefficient (Wildman–Crippen LogP) is 2.28. The topological polar surface area (TPSA) is 33.7 Å². The first kappa shape index (κ1) is 17.9. The molecule has 1 unspecified atom stereocenters. The molecule has 0 radical (unpaired) electrons. The summed E-state index contributed by atoms with van der Waals surface area (Å²) < 4.78 is 10.4. The van der Waals surface area contributed by atoms with Crippen LogP contribution in [-0.4, -0.2) is 64.1 Å². The summed E-state index contributed by atoms with van der Waals surface area (Å²) in [5.41, 5.74) is 0. The van der Waals surface area contributed by atoms with E-state index < -0.39 is 0 Å². The second-order valence-corrected chi connectivity index (χ2v) is 5.74. The molecular formula is C16H34N2O2. The minimum absolute atomic E-state index is 0.703. The van der Waals surface area contributed by atoms with Gasteiger partial charge in [-0.3, -0.25) is 0 Å². The van der Waals surface area contributed by atoms with Crippen LogP contribution in [0, 0.1) is 0 Å². The van der Waals surface area contributed by atoms with E-state index >= 15 is 0 Å². The normalized spacial score (nSPS) is 21.0. The highest BCUT2D eigenvalue weighted by Crippen LogP contribution is 2.11. The summed E-state index contributed by atoms with van der Waals surface area (Å²) in [6, 6.07) is 0.728. The van der Waals surface area contributed by atoms with E-state index in [9.17, 15) is 0 Å². The van der Waals surface area contributed by atoms with Crippen LogP contribution in [0.4, 0.5) is 0 Å². The Morgan fingerprint density at radius 3 is 2.80 bits per heavy atom. The van der Waals surface area contributed by atoms with Gasteiger partial charge in [-0.15, -0.1) is 0 Å². The third-order valence-corrected chi connectivity index (χ3v) is 3.94. The van der Waals surface area contributed by atoms with Crippen molar-refractivity contribution in [3.63, 3.8) is 0 Å². The fourth-order valence-electron chi connectivity index (χ4n) is 2.78. The molecule has 0 saturated carbocycles. The number of unbranched alkanes of at least 4 members (excludes halogenated alkanes) is 1. The number of hydrogen-bond acceptors (Lipinski definition) is 4. The molecule has 1 N–H and O–H groups in total. The molecule has 0 bridgehead atoms. The quantitative estimate of drug-likeness (QED) is 0.591. The van der Waals surface area contributed by atoms with Gasteiger partial charge in [0.1, 0.15) is 0 Å². The summed E-state index contributed by atoms with van der Waals surface area (Å²) in [5, 5.41) is 3.72. The van der Waals surface area contributed by atoms with Gasteiger partial charge in [0.25, 0.3) is 0 Å². The zero-order valence-corrected chi connectivity index (χ0v) is 13.5. The zero-order chi connectivity index (χ0) is 14.5. The molecule has 1 rings (SSSR count). The molecule has 1 aliphatic rings. The van der Waals surface area contributed by atoms with Gasteiger partial charge in [0.15, 0.2) is 0 Å². The summed E-state index contributed by atoms with van der Waals surface area (Å²) in [7, 11) is 1.71. The van der Waals surface area contributed by atoms with Crippen LogP contribution >= 0.6 is 0 Å². The molecule has 1 saturated heterocycles. The Hall–Kier alpha value is -0.160. The van der Waals surface area contributed by atoms with E-state index in [1.54, 1.807) is 7.11 Å². The predicted molar refractivity (Wildman–Crippen MR) is 84.3 cm³/mol. The Morgan fingerprint density at radius 2 is 2.00 bits per heavy atom. The van der Waals surface area contributed by atoms with Gasteiger partial charge < -0.3 is 19.7 Å². The Kier molecular flexibility index (Phi) is 11.2. The first-order valence-corrected chi connectivity index (χ1v) is 8.39. The molecule has 1 aliphatic heterocycles. The van der Waals surface area contributed by atoms with Crippen molar-refractivity contribution in [2.75, 3.05) is 53.1 Å².